The lowest BCUT2D eigenvalue weighted by Gasteiger charge is -2.32. The van der Waals surface area contributed by atoms with Crippen LogP contribution in [0.5, 0.6) is 5.75 Å². The fraction of sp³-hybridized carbons (Fsp3) is 0.450. The van der Waals surface area contributed by atoms with Crippen LogP contribution in [0.3, 0.4) is 0 Å². The number of allylic oxidation sites excluding steroid dienone is 1. The largest absolute Gasteiger partial charge is 0.494 e. The Balaban J connectivity index is 2.03. The molecule has 1 amide bonds. The van der Waals surface area contributed by atoms with Crippen LogP contribution in [0.1, 0.15) is 45.2 Å². The SMILES string of the molecule is CCCOc1ccc([C@@H]2C(C(=O)OC)=C(C)N=C3S[C@H](CC)C(=O)N32)cc1. The maximum Gasteiger partial charge on any atom is 0.338 e. The summed E-state index contributed by atoms with van der Waals surface area (Å²) >= 11 is 1.46. The van der Waals surface area contributed by atoms with E-state index in [4.69, 9.17) is 9.47 Å². The van der Waals surface area contributed by atoms with Gasteiger partial charge in [0.15, 0.2) is 5.17 Å². The summed E-state index contributed by atoms with van der Waals surface area (Å²) in [6, 6.07) is 6.98. The number of rotatable bonds is 6. The summed E-state index contributed by atoms with van der Waals surface area (Å²) in [4.78, 5) is 31.6. The zero-order chi connectivity index (χ0) is 19.6. The van der Waals surface area contributed by atoms with Crippen molar-refractivity contribution in [2.24, 2.45) is 4.99 Å². The van der Waals surface area contributed by atoms with Gasteiger partial charge in [0.1, 0.15) is 5.75 Å². The van der Waals surface area contributed by atoms with Gasteiger partial charge in [0.2, 0.25) is 5.91 Å². The van der Waals surface area contributed by atoms with Gasteiger partial charge in [-0.05, 0) is 37.5 Å². The van der Waals surface area contributed by atoms with Gasteiger partial charge in [0.05, 0.1) is 36.3 Å². The normalized spacial score (nSPS) is 21.9. The number of fused-ring (bicyclic) bond motifs is 1. The maximum absolute atomic E-state index is 13.0. The minimum Gasteiger partial charge on any atom is -0.494 e. The first kappa shape index (κ1) is 19.5. The lowest BCUT2D eigenvalue weighted by atomic mass is 9.94. The lowest BCUT2D eigenvalue weighted by molar-refractivity contribution is -0.137. The molecule has 144 valence electrons. The monoisotopic (exact) mass is 388 g/mol. The van der Waals surface area contributed by atoms with E-state index in [0.29, 0.717) is 29.5 Å². The highest BCUT2D eigenvalue weighted by molar-refractivity contribution is 8.15. The number of nitrogens with zero attached hydrogens (tertiary/aromatic N) is 2. The molecule has 27 heavy (non-hydrogen) atoms. The molecule has 1 aromatic rings. The quantitative estimate of drug-likeness (QED) is 0.695. The molecule has 7 heteroatoms. The average Bonchev–Trinajstić information content (AvgIpc) is 3.00. The molecule has 2 heterocycles. The van der Waals surface area contributed by atoms with Gasteiger partial charge in [-0.15, -0.1) is 0 Å². The molecule has 2 aliphatic rings. The summed E-state index contributed by atoms with van der Waals surface area (Å²) in [5.74, 6) is 0.273. The van der Waals surface area contributed by atoms with Crippen molar-refractivity contribution < 1.29 is 19.1 Å². The van der Waals surface area contributed by atoms with Crippen LogP contribution in [0.25, 0.3) is 0 Å². The summed E-state index contributed by atoms with van der Waals surface area (Å²) in [6.45, 7) is 6.46. The van der Waals surface area contributed by atoms with E-state index >= 15 is 0 Å². The van der Waals surface area contributed by atoms with E-state index in [2.05, 4.69) is 4.99 Å². The number of amides is 1. The van der Waals surface area contributed by atoms with E-state index in [0.717, 1.165) is 17.7 Å². The molecule has 0 aromatic heterocycles. The summed E-state index contributed by atoms with van der Waals surface area (Å²) in [7, 11) is 1.34. The van der Waals surface area contributed by atoms with Gasteiger partial charge in [0, 0.05) is 0 Å². The van der Waals surface area contributed by atoms with Gasteiger partial charge in [-0.3, -0.25) is 9.69 Å². The van der Waals surface area contributed by atoms with E-state index < -0.39 is 12.0 Å². The molecule has 6 nitrogen and oxygen atoms in total. The number of thioether (sulfide) groups is 1. The number of benzene rings is 1. The van der Waals surface area contributed by atoms with Gasteiger partial charge >= 0.3 is 5.97 Å². The maximum atomic E-state index is 13.0. The van der Waals surface area contributed by atoms with Crippen molar-refractivity contribution >= 4 is 28.8 Å². The van der Waals surface area contributed by atoms with Crippen LogP contribution in [0.4, 0.5) is 0 Å². The highest BCUT2D eigenvalue weighted by Gasteiger charge is 2.47. The van der Waals surface area contributed by atoms with Crippen molar-refractivity contribution in [1.82, 2.24) is 4.90 Å². The molecule has 0 saturated carbocycles. The molecule has 2 atom stereocenters. The number of ether oxygens (including phenoxy) is 2. The molecule has 1 fully saturated rings. The molecule has 0 unspecified atom stereocenters. The molecule has 3 rings (SSSR count). The molecule has 0 aliphatic carbocycles. The zero-order valence-corrected chi connectivity index (χ0v) is 16.8. The molecule has 0 bridgehead atoms. The molecule has 0 radical (unpaired) electrons. The lowest BCUT2D eigenvalue weighted by Crippen LogP contribution is -2.40. The Hall–Kier alpha value is -2.28. The Bertz CT molecular complexity index is 801. The third-order valence-electron chi connectivity index (χ3n) is 4.60. The summed E-state index contributed by atoms with van der Waals surface area (Å²) < 4.78 is 10.6. The Morgan fingerprint density at radius 2 is 1.96 bits per heavy atom. The molecular formula is C20H24N2O4S. The van der Waals surface area contributed by atoms with Crippen molar-refractivity contribution in [2.45, 2.75) is 44.9 Å². The van der Waals surface area contributed by atoms with Crippen LogP contribution in [-0.2, 0) is 14.3 Å². The van der Waals surface area contributed by atoms with Crippen LogP contribution in [0.15, 0.2) is 40.5 Å². The Morgan fingerprint density at radius 3 is 2.56 bits per heavy atom. The second-order valence-corrected chi connectivity index (χ2v) is 7.60. The summed E-state index contributed by atoms with van der Waals surface area (Å²) in [5, 5.41) is 0.469. The first-order valence-corrected chi connectivity index (χ1v) is 10.00. The number of carbonyl (C=O) groups excluding carboxylic acids is 2. The van der Waals surface area contributed by atoms with Crippen molar-refractivity contribution in [2.75, 3.05) is 13.7 Å². The molecule has 1 saturated heterocycles. The highest BCUT2D eigenvalue weighted by Crippen LogP contribution is 2.44. The Morgan fingerprint density at radius 1 is 1.26 bits per heavy atom. The second-order valence-electron chi connectivity index (χ2n) is 6.43. The first-order chi connectivity index (χ1) is 13.0. The van der Waals surface area contributed by atoms with Crippen LogP contribution >= 0.6 is 11.8 Å². The number of hydrogen-bond acceptors (Lipinski definition) is 6. The molecule has 0 spiro atoms. The van der Waals surface area contributed by atoms with Crippen molar-refractivity contribution in [1.29, 1.82) is 0 Å². The highest BCUT2D eigenvalue weighted by atomic mass is 32.2. The number of esters is 1. The van der Waals surface area contributed by atoms with Gasteiger partial charge < -0.3 is 9.47 Å². The van der Waals surface area contributed by atoms with Crippen molar-refractivity contribution in [3.8, 4) is 5.75 Å². The van der Waals surface area contributed by atoms with Crippen molar-refractivity contribution in [3.05, 3.63) is 41.1 Å². The van der Waals surface area contributed by atoms with Gasteiger partial charge in [-0.2, -0.15) is 0 Å². The molecule has 2 aliphatic heterocycles. The third-order valence-corrected chi connectivity index (χ3v) is 5.91. The standard InChI is InChI=1S/C20H24N2O4S/c1-5-11-26-14-9-7-13(8-10-14)17-16(19(24)25-4)12(3)21-20-22(17)18(23)15(6-2)27-20/h7-10,15,17H,5-6,11H2,1-4H3/t15-,17-/m1/s1. The summed E-state index contributed by atoms with van der Waals surface area (Å²) in [5.41, 5.74) is 1.81. The molecule has 1 aromatic carbocycles. The molecule has 0 N–H and O–H groups in total. The Labute approximate surface area is 163 Å². The number of aliphatic imine (C=N–C) groups is 1. The number of amidine groups is 1. The van der Waals surface area contributed by atoms with Crippen LogP contribution in [0, 0.1) is 0 Å². The van der Waals surface area contributed by atoms with Crippen LogP contribution in [0.2, 0.25) is 0 Å². The predicted octanol–water partition coefficient (Wildman–Crippen LogP) is 3.69. The van der Waals surface area contributed by atoms with Gasteiger partial charge in [-0.25, -0.2) is 9.79 Å². The van der Waals surface area contributed by atoms with E-state index in [1.165, 1.54) is 18.9 Å². The number of hydrogen-bond donors (Lipinski definition) is 0. The van der Waals surface area contributed by atoms with E-state index in [-0.39, 0.29) is 11.2 Å². The second kappa shape index (κ2) is 8.17. The van der Waals surface area contributed by atoms with Crippen LogP contribution < -0.4 is 4.74 Å². The number of carbonyl (C=O) groups is 2. The van der Waals surface area contributed by atoms with E-state index in [1.54, 1.807) is 11.8 Å². The fourth-order valence-corrected chi connectivity index (χ4v) is 4.38. The van der Waals surface area contributed by atoms with E-state index in [9.17, 15) is 9.59 Å². The predicted molar refractivity (Wildman–Crippen MR) is 106 cm³/mol. The third kappa shape index (κ3) is 3.60. The Kier molecular flexibility index (Phi) is 5.89. The fourth-order valence-electron chi connectivity index (χ4n) is 3.24. The zero-order valence-electron chi connectivity index (χ0n) is 16.0. The topological polar surface area (TPSA) is 68.2 Å². The minimum absolute atomic E-state index is 0.0218. The van der Waals surface area contributed by atoms with Crippen LogP contribution in [-0.4, -0.2) is 40.9 Å². The van der Waals surface area contributed by atoms with Gasteiger partial charge in [0.25, 0.3) is 0 Å². The first-order valence-electron chi connectivity index (χ1n) is 9.12. The number of methoxy groups -OCH3 is 1. The van der Waals surface area contributed by atoms with E-state index in [1.807, 2.05) is 38.1 Å². The van der Waals surface area contributed by atoms with Crippen molar-refractivity contribution in [3.63, 3.8) is 0 Å². The minimum atomic E-state index is -0.540. The average molecular weight is 388 g/mol. The smallest absolute Gasteiger partial charge is 0.338 e. The summed E-state index contributed by atoms with van der Waals surface area (Å²) in [6.07, 6.45) is 1.64. The van der Waals surface area contributed by atoms with Gasteiger partial charge in [-0.1, -0.05) is 37.7 Å². The molecular weight excluding hydrogens is 364 g/mol.